The largest absolute Gasteiger partial charge is 0.309 e. The minimum Gasteiger partial charge on any atom is -0.309 e. The number of para-hydroxylation sites is 3. The lowest BCUT2D eigenvalue weighted by Gasteiger charge is -2.13. The van der Waals surface area contributed by atoms with E-state index in [0.717, 1.165) is 27.6 Å². The van der Waals surface area contributed by atoms with Crippen LogP contribution in [0.1, 0.15) is 0 Å². The molecule has 0 saturated carbocycles. The summed E-state index contributed by atoms with van der Waals surface area (Å²) in [6.07, 6.45) is 0. The zero-order chi connectivity index (χ0) is 30.6. The lowest BCUT2D eigenvalue weighted by molar-refractivity contribution is 1.18. The number of thiazole rings is 1. The van der Waals surface area contributed by atoms with E-state index in [0.29, 0.717) is 0 Å². The van der Waals surface area contributed by atoms with Gasteiger partial charge in [-0.25, -0.2) is 4.98 Å². The van der Waals surface area contributed by atoms with Crippen LogP contribution in [0.2, 0.25) is 0 Å². The van der Waals surface area contributed by atoms with Crippen LogP contribution in [-0.2, 0) is 0 Å². The monoisotopic (exact) mass is 615 g/mol. The standard InChI is InChI=1S/C43H25N3S/c1-3-12-26(13-4-1)43-44-40-34-25-29(24-27-14-11-19-33(38(27)34)42(40)47-43)46-35-20-9-7-17-30(35)31-22-23-37-39(41(31)46)32-18-8-10-21-36(32)45(37)28-15-5-2-6-16-28/h1-25H. The van der Waals surface area contributed by atoms with Crippen molar-refractivity contribution in [3.8, 4) is 43.6 Å². The molecule has 7 aromatic carbocycles. The number of aromatic nitrogens is 3. The Hall–Kier alpha value is -5.97. The molecule has 0 unspecified atom stereocenters. The van der Waals surface area contributed by atoms with Crippen molar-refractivity contribution in [1.82, 2.24) is 14.1 Å². The molecule has 218 valence electrons. The molecule has 3 nitrogen and oxygen atoms in total. The minimum atomic E-state index is 1.07. The fourth-order valence-corrected chi connectivity index (χ4v) is 9.06. The Bertz CT molecular complexity index is 2890. The number of fused-ring (bicyclic) bond motifs is 10. The molecule has 11 rings (SSSR count). The molecule has 10 aromatic rings. The van der Waals surface area contributed by atoms with Crippen LogP contribution in [0, 0.1) is 0 Å². The van der Waals surface area contributed by atoms with Gasteiger partial charge in [0.25, 0.3) is 0 Å². The Balaban J connectivity index is 1.27. The first-order valence-electron chi connectivity index (χ1n) is 16.0. The summed E-state index contributed by atoms with van der Waals surface area (Å²) in [6.45, 7) is 0. The molecule has 0 radical (unpaired) electrons. The molecule has 0 fully saturated rings. The Morgan fingerprint density at radius 1 is 0.468 bits per heavy atom. The van der Waals surface area contributed by atoms with Gasteiger partial charge in [-0.05, 0) is 53.2 Å². The van der Waals surface area contributed by atoms with Crippen molar-refractivity contribution in [2.45, 2.75) is 0 Å². The van der Waals surface area contributed by atoms with E-state index in [2.05, 4.69) is 161 Å². The highest BCUT2D eigenvalue weighted by Gasteiger charge is 2.28. The van der Waals surface area contributed by atoms with Gasteiger partial charge in [0.2, 0.25) is 0 Å². The first-order chi connectivity index (χ1) is 23.3. The molecule has 0 aliphatic heterocycles. The van der Waals surface area contributed by atoms with Gasteiger partial charge in [-0.1, -0.05) is 109 Å². The van der Waals surface area contributed by atoms with Crippen LogP contribution < -0.4 is 0 Å². The van der Waals surface area contributed by atoms with Crippen LogP contribution in [0.3, 0.4) is 0 Å². The lowest BCUT2D eigenvalue weighted by atomic mass is 10.0. The molecule has 0 amide bonds. The molecule has 1 aliphatic carbocycles. The Morgan fingerprint density at radius 3 is 2.02 bits per heavy atom. The van der Waals surface area contributed by atoms with Crippen molar-refractivity contribution in [3.05, 3.63) is 152 Å². The summed E-state index contributed by atoms with van der Waals surface area (Å²) in [5, 5.41) is 8.65. The normalized spacial score (nSPS) is 12.3. The van der Waals surface area contributed by atoms with Gasteiger partial charge < -0.3 is 9.13 Å². The summed E-state index contributed by atoms with van der Waals surface area (Å²) >= 11 is 1.80. The Labute approximate surface area is 274 Å². The topological polar surface area (TPSA) is 22.8 Å². The van der Waals surface area contributed by atoms with Crippen LogP contribution >= 0.6 is 11.3 Å². The van der Waals surface area contributed by atoms with Gasteiger partial charge >= 0.3 is 0 Å². The summed E-state index contributed by atoms with van der Waals surface area (Å²) in [6, 6.07) is 55.0. The molecule has 0 spiro atoms. The van der Waals surface area contributed by atoms with Crippen LogP contribution in [-0.4, -0.2) is 14.1 Å². The van der Waals surface area contributed by atoms with E-state index in [9.17, 15) is 0 Å². The fourth-order valence-electron chi connectivity index (χ4n) is 7.94. The Morgan fingerprint density at radius 2 is 1.19 bits per heavy atom. The van der Waals surface area contributed by atoms with Crippen LogP contribution in [0.15, 0.2) is 152 Å². The smallest absolute Gasteiger partial charge is 0.124 e. The molecule has 47 heavy (non-hydrogen) atoms. The maximum absolute atomic E-state index is 5.28. The van der Waals surface area contributed by atoms with Crippen LogP contribution in [0.5, 0.6) is 0 Å². The molecular weight excluding hydrogens is 591 g/mol. The predicted octanol–water partition coefficient (Wildman–Crippen LogP) is 11.8. The number of hydrogen-bond donors (Lipinski definition) is 0. The highest BCUT2D eigenvalue weighted by molar-refractivity contribution is 7.19. The molecule has 1 aliphatic rings. The molecule has 0 N–H and O–H groups in total. The second-order valence-corrected chi connectivity index (χ2v) is 13.4. The number of nitrogens with zero attached hydrogens (tertiary/aromatic N) is 3. The van der Waals surface area contributed by atoms with Gasteiger partial charge in [0, 0.05) is 49.6 Å². The number of benzene rings is 7. The van der Waals surface area contributed by atoms with Gasteiger partial charge in [-0.15, -0.1) is 11.3 Å². The number of hydrogen-bond acceptors (Lipinski definition) is 2. The summed E-state index contributed by atoms with van der Waals surface area (Å²) in [4.78, 5) is 6.54. The number of rotatable bonds is 3. The second kappa shape index (κ2) is 9.29. The van der Waals surface area contributed by atoms with Crippen molar-refractivity contribution in [2.24, 2.45) is 0 Å². The van der Waals surface area contributed by atoms with E-state index >= 15 is 0 Å². The van der Waals surface area contributed by atoms with Crippen molar-refractivity contribution < 1.29 is 0 Å². The van der Waals surface area contributed by atoms with Gasteiger partial charge in [-0.3, -0.25) is 0 Å². The van der Waals surface area contributed by atoms with E-state index in [1.54, 1.807) is 11.3 Å². The third-order valence-corrected chi connectivity index (χ3v) is 11.0. The maximum Gasteiger partial charge on any atom is 0.124 e. The second-order valence-electron chi connectivity index (χ2n) is 12.4. The average molecular weight is 616 g/mol. The van der Waals surface area contributed by atoms with E-state index in [4.69, 9.17) is 4.98 Å². The minimum absolute atomic E-state index is 1.07. The van der Waals surface area contributed by atoms with Crippen molar-refractivity contribution in [3.63, 3.8) is 0 Å². The zero-order valence-electron chi connectivity index (χ0n) is 25.2. The summed E-state index contributed by atoms with van der Waals surface area (Å²) < 4.78 is 4.91. The molecule has 0 atom stereocenters. The molecule has 0 bridgehead atoms. The van der Waals surface area contributed by atoms with Gasteiger partial charge in [0.05, 0.1) is 32.6 Å². The molecular formula is C43H25N3S. The highest BCUT2D eigenvalue weighted by atomic mass is 32.1. The summed E-state index contributed by atoms with van der Waals surface area (Å²) in [5.74, 6) is 0. The first kappa shape index (κ1) is 25.2. The zero-order valence-corrected chi connectivity index (χ0v) is 26.0. The molecule has 0 saturated heterocycles. The summed E-state index contributed by atoms with van der Waals surface area (Å²) in [5.41, 5.74) is 11.9. The van der Waals surface area contributed by atoms with Crippen molar-refractivity contribution in [1.29, 1.82) is 0 Å². The van der Waals surface area contributed by atoms with Crippen molar-refractivity contribution >= 4 is 65.7 Å². The quantitative estimate of drug-likeness (QED) is 0.194. The summed E-state index contributed by atoms with van der Waals surface area (Å²) in [7, 11) is 0. The van der Waals surface area contributed by atoms with E-state index < -0.39 is 0 Å². The average Bonchev–Trinajstić information content (AvgIpc) is 3.88. The molecule has 4 heteroatoms. The molecule has 3 heterocycles. The van der Waals surface area contributed by atoms with E-state index in [1.165, 1.54) is 70.4 Å². The van der Waals surface area contributed by atoms with Crippen molar-refractivity contribution in [2.75, 3.05) is 0 Å². The predicted molar refractivity (Wildman–Crippen MR) is 198 cm³/mol. The van der Waals surface area contributed by atoms with E-state index in [-0.39, 0.29) is 0 Å². The van der Waals surface area contributed by atoms with Gasteiger partial charge in [0.1, 0.15) is 5.01 Å². The SMILES string of the molecule is c1ccc(-c2nc3c(s2)-c2cccc4cc(-n5c6ccccc6c6ccc7c(c8ccccc8n7-c7ccccc7)c65)cc-3c24)cc1. The fraction of sp³-hybridized carbons (Fsp3) is 0. The lowest BCUT2D eigenvalue weighted by Crippen LogP contribution is -1.96. The van der Waals surface area contributed by atoms with E-state index in [1.807, 2.05) is 0 Å². The third kappa shape index (κ3) is 3.37. The van der Waals surface area contributed by atoms with Crippen LogP contribution in [0.4, 0.5) is 0 Å². The maximum atomic E-state index is 5.28. The molecule has 3 aromatic heterocycles. The first-order valence-corrected chi connectivity index (χ1v) is 16.8. The Kier molecular flexibility index (Phi) is 4.99. The highest BCUT2D eigenvalue weighted by Crippen LogP contribution is 2.52. The van der Waals surface area contributed by atoms with Crippen LogP contribution in [0.25, 0.3) is 98.0 Å². The van der Waals surface area contributed by atoms with Gasteiger partial charge in [-0.2, -0.15) is 0 Å². The van der Waals surface area contributed by atoms with Gasteiger partial charge in [0.15, 0.2) is 0 Å². The third-order valence-electron chi connectivity index (χ3n) is 9.85.